The number of hydrogen-bond donors (Lipinski definition) is 3. The third-order valence-electron chi connectivity index (χ3n) is 5.31. The summed E-state index contributed by atoms with van der Waals surface area (Å²) >= 11 is 0. The van der Waals surface area contributed by atoms with Crippen LogP contribution in [0.5, 0.6) is 0 Å². The van der Waals surface area contributed by atoms with E-state index in [0.717, 1.165) is 11.1 Å². The number of fused-ring (bicyclic) bond motifs is 1. The van der Waals surface area contributed by atoms with E-state index in [-0.39, 0.29) is 16.3 Å². The predicted molar refractivity (Wildman–Crippen MR) is 115 cm³/mol. The molecule has 0 spiro atoms. The van der Waals surface area contributed by atoms with Crippen LogP contribution in [-0.2, 0) is 16.4 Å². The summed E-state index contributed by atoms with van der Waals surface area (Å²) < 4.78 is 41.9. The summed E-state index contributed by atoms with van der Waals surface area (Å²) in [7, 11) is -4.00. The van der Waals surface area contributed by atoms with Crippen molar-refractivity contribution in [3.8, 4) is 0 Å². The number of aryl methyl sites for hydroxylation is 1. The van der Waals surface area contributed by atoms with Gasteiger partial charge in [0.05, 0.1) is 17.0 Å². The number of amides is 1. The van der Waals surface area contributed by atoms with Gasteiger partial charge in [-0.25, -0.2) is 17.5 Å². The molecule has 0 bridgehead atoms. The van der Waals surface area contributed by atoms with Crippen molar-refractivity contribution in [2.45, 2.75) is 30.4 Å². The molecule has 0 fully saturated rings. The zero-order chi connectivity index (χ0) is 22.2. The van der Waals surface area contributed by atoms with Gasteiger partial charge in [0, 0.05) is 17.7 Å². The molecule has 0 heterocycles. The largest absolute Gasteiger partial charge is 0.391 e. The number of sulfonamides is 1. The topological polar surface area (TPSA) is 95.5 Å². The average Bonchev–Trinajstić information content (AvgIpc) is 3.05. The lowest BCUT2D eigenvalue weighted by atomic mass is 10.1. The van der Waals surface area contributed by atoms with Crippen LogP contribution < -0.4 is 10.0 Å². The lowest BCUT2D eigenvalue weighted by molar-refractivity contribution is 0.102. The van der Waals surface area contributed by atoms with E-state index in [1.54, 1.807) is 19.1 Å². The summed E-state index contributed by atoms with van der Waals surface area (Å²) in [6, 6.07) is 16.3. The van der Waals surface area contributed by atoms with Crippen LogP contribution in [0.15, 0.2) is 71.6 Å². The summed E-state index contributed by atoms with van der Waals surface area (Å²) in [5, 5.41) is 13.0. The molecule has 6 nitrogen and oxygen atoms in total. The highest BCUT2D eigenvalue weighted by Crippen LogP contribution is 2.32. The molecule has 1 aliphatic rings. The molecule has 1 amide bonds. The molecule has 3 aromatic carbocycles. The Morgan fingerprint density at radius 1 is 1.06 bits per heavy atom. The highest BCUT2D eigenvalue weighted by Gasteiger charge is 2.34. The van der Waals surface area contributed by atoms with Crippen LogP contribution in [0.1, 0.15) is 33.1 Å². The van der Waals surface area contributed by atoms with Gasteiger partial charge >= 0.3 is 0 Å². The van der Waals surface area contributed by atoms with Gasteiger partial charge in [-0.05, 0) is 60.0 Å². The van der Waals surface area contributed by atoms with Crippen LogP contribution in [0, 0.1) is 12.7 Å². The van der Waals surface area contributed by atoms with Gasteiger partial charge in [-0.3, -0.25) is 4.79 Å². The minimum Gasteiger partial charge on any atom is -0.391 e. The Balaban J connectivity index is 1.55. The van der Waals surface area contributed by atoms with Crippen molar-refractivity contribution in [1.29, 1.82) is 0 Å². The van der Waals surface area contributed by atoms with E-state index >= 15 is 0 Å². The number of anilines is 1. The Labute approximate surface area is 179 Å². The van der Waals surface area contributed by atoms with Crippen molar-refractivity contribution < 1.29 is 22.7 Å². The Bertz CT molecular complexity index is 1260. The Morgan fingerprint density at radius 3 is 2.61 bits per heavy atom. The van der Waals surface area contributed by atoms with Crippen LogP contribution in [0.2, 0.25) is 0 Å². The third kappa shape index (κ3) is 4.36. The molecule has 0 saturated carbocycles. The van der Waals surface area contributed by atoms with Crippen LogP contribution >= 0.6 is 0 Å². The van der Waals surface area contributed by atoms with E-state index in [1.807, 2.05) is 12.1 Å². The highest BCUT2D eigenvalue weighted by atomic mass is 32.2. The monoisotopic (exact) mass is 440 g/mol. The van der Waals surface area contributed by atoms with E-state index in [4.69, 9.17) is 0 Å². The van der Waals surface area contributed by atoms with Gasteiger partial charge in [-0.15, -0.1) is 0 Å². The average molecular weight is 440 g/mol. The minimum absolute atomic E-state index is 0.0907. The number of aliphatic hydroxyl groups is 1. The van der Waals surface area contributed by atoms with E-state index in [2.05, 4.69) is 10.0 Å². The summed E-state index contributed by atoms with van der Waals surface area (Å²) in [5.74, 6) is -0.901. The standard InChI is InChI=1S/C23H21FN2O4S/c1-14-11-17(9-10-20(14)24)25-23(28)16-6-4-7-18(12-16)31(29,30)26-22-19-8-3-2-5-15(19)13-21(22)27/h2-12,21-22,26-27H,13H2,1H3,(H,25,28). The molecule has 160 valence electrons. The molecule has 1 aliphatic carbocycles. The predicted octanol–water partition coefficient (Wildman–Crippen LogP) is 3.32. The molecular formula is C23H21FN2O4S. The molecule has 0 radical (unpaired) electrons. The number of carbonyl (C=O) groups excluding carboxylic acids is 1. The van der Waals surface area contributed by atoms with Crippen molar-refractivity contribution in [2.75, 3.05) is 5.32 Å². The zero-order valence-corrected chi connectivity index (χ0v) is 17.5. The molecule has 4 rings (SSSR count). The van der Waals surface area contributed by atoms with E-state index in [9.17, 15) is 22.7 Å². The second-order valence-corrected chi connectivity index (χ2v) is 9.23. The molecule has 3 aromatic rings. The van der Waals surface area contributed by atoms with Crippen molar-refractivity contribution >= 4 is 21.6 Å². The minimum atomic E-state index is -4.00. The molecule has 0 aromatic heterocycles. The first-order valence-corrected chi connectivity index (χ1v) is 11.2. The van der Waals surface area contributed by atoms with Gasteiger partial charge in [-0.2, -0.15) is 0 Å². The van der Waals surface area contributed by atoms with Crippen molar-refractivity contribution in [3.63, 3.8) is 0 Å². The normalized spacial score (nSPS) is 17.9. The first-order valence-electron chi connectivity index (χ1n) is 9.70. The third-order valence-corrected chi connectivity index (χ3v) is 6.75. The van der Waals surface area contributed by atoms with Crippen molar-refractivity contribution in [1.82, 2.24) is 4.72 Å². The van der Waals surface area contributed by atoms with Gasteiger partial charge in [0.15, 0.2) is 0 Å². The summed E-state index contributed by atoms with van der Waals surface area (Å²) in [4.78, 5) is 12.5. The fourth-order valence-electron chi connectivity index (χ4n) is 3.68. The number of benzene rings is 3. The van der Waals surface area contributed by atoms with E-state index in [0.29, 0.717) is 17.7 Å². The fraction of sp³-hybridized carbons (Fsp3) is 0.174. The smallest absolute Gasteiger partial charge is 0.255 e. The quantitative estimate of drug-likeness (QED) is 0.567. The number of rotatable bonds is 5. The van der Waals surface area contributed by atoms with Gasteiger partial charge < -0.3 is 10.4 Å². The summed E-state index contributed by atoms with van der Waals surface area (Å²) in [6.07, 6.45) is -0.511. The molecule has 2 atom stereocenters. The van der Waals surface area contributed by atoms with E-state index in [1.165, 1.54) is 42.5 Å². The number of halogens is 1. The maximum absolute atomic E-state index is 13.4. The molecule has 0 aliphatic heterocycles. The van der Waals surface area contributed by atoms with Crippen LogP contribution in [0.25, 0.3) is 0 Å². The molecular weight excluding hydrogens is 419 g/mol. The number of carbonyl (C=O) groups is 1. The fourth-order valence-corrected chi connectivity index (χ4v) is 4.98. The first kappa shape index (κ1) is 21.2. The Kier molecular flexibility index (Phi) is 5.62. The molecule has 31 heavy (non-hydrogen) atoms. The van der Waals surface area contributed by atoms with Crippen molar-refractivity contribution in [2.24, 2.45) is 0 Å². The molecule has 3 N–H and O–H groups in total. The lowest BCUT2D eigenvalue weighted by Gasteiger charge is -2.18. The maximum Gasteiger partial charge on any atom is 0.255 e. The number of nitrogens with one attached hydrogen (secondary N) is 2. The van der Waals surface area contributed by atoms with Gasteiger partial charge in [0.2, 0.25) is 10.0 Å². The summed E-state index contributed by atoms with van der Waals surface area (Å²) in [6.45, 7) is 1.58. The SMILES string of the molecule is Cc1cc(NC(=O)c2cccc(S(=O)(=O)NC3c4ccccc4CC3O)c2)ccc1F. The second kappa shape index (κ2) is 8.22. The summed E-state index contributed by atoms with van der Waals surface area (Å²) in [5.41, 5.74) is 2.55. The molecule has 0 saturated heterocycles. The van der Waals surface area contributed by atoms with Gasteiger partial charge in [0.1, 0.15) is 5.82 Å². The maximum atomic E-state index is 13.4. The first-order chi connectivity index (χ1) is 14.7. The highest BCUT2D eigenvalue weighted by molar-refractivity contribution is 7.89. The van der Waals surface area contributed by atoms with Crippen molar-refractivity contribution in [3.05, 3.63) is 94.8 Å². The van der Waals surface area contributed by atoms with Crippen LogP contribution in [-0.4, -0.2) is 25.5 Å². The Morgan fingerprint density at radius 2 is 1.84 bits per heavy atom. The number of hydrogen-bond acceptors (Lipinski definition) is 4. The van der Waals surface area contributed by atoms with Gasteiger partial charge in [0.25, 0.3) is 5.91 Å². The molecule has 8 heteroatoms. The molecule has 2 unspecified atom stereocenters. The Hall–Kier alpha value is -3.07. The van der Waals surface area contributed by atoms with Crippen LogP contribution in [0.3, 0.4) is 0 Å². The number of aliphatic hydroxyl groups excluding tert-OH is 1. The van der Waals surface area contributed by atoms with Gasteiger partial charge in [-0.1, -0.05) is 30.3 Å². The zero-order valence-electron chi connectivity index (χ0n) is 16.7. The van der Waals surface area contributed by atoms with E-state index < -0.39 is 28.1 Å². The second-order valence-electron chi connectivity index (χ2n) is 7.52. The van der Waals surface area contributed by atoms with Crippen LogP contribution in [0.4, 0.5) is 10.1 Å². The lowest BCUT2D eigenvalue weighted by Crippen LogP contribution is -2.34.